The third-order valence-corrected chi connectivity index (χ3v) is 5.49. The number of ether oxygens (including phenoxy) is 1. The van der Waals surface area contributed by atoms with Crippen LogP contribution in [0.1, 0.15) is 5.82 Å². The summed E-state index contributed by atoms with van der Waals surface area (Å²) in [5.74, 6) is 2.09. The van der Waals surface area contributed by atoms with Gasteiger partial charge in [0.1, 0.15) is 5.82 Å². The molecule has 4 aromatic heterocycles. The van der Waals surface area contributed by atoms with Crippen molar-refractivity contribution in [1.82, 2.24) is 34.5 Å². The van der Waals surface area contributed by atoms with Gasteiger partial charge in [0.05, 0.1) is 37.0 Å². The molecule has 160 valence electrons. The molecule has 1 saturated heterocycles. The Morgan fingerprint density at radius 2 is 1.84 bits per heavy atom. The van der Waals surface area contributed by atoms with E-state index < -0.39 is 0 Å². The van der Waals surface area contributed by atoms with Crippen molar-refractivity contribution < 1.29 is 4.74 Å². The van der Waals surface area contributed by atoms with Gasteiger partial charge in [0, 0.05) is 31.0 Å². The molecule has 10 heteroatoms. The number of rotatable bonds is 5. The summed E-state index contributed by atoms with van der Waals surface area (Å²) in [6.45, 7) is 3.29. The van der Waals surface area contributed by atoms with Crippen molar-refractivity contribution in [2.45, 2.75) is 6.54 Å². The van der Waals surface area contributed by atoms with Gasteiger partial charge in [-0.05, 0) is 29.8 Å². The van der Waals surface area contributed by atoms with Crippen molar-refractivity contribution >= 4 is 28.6 Å². The van der Waals surface area contributed by atoms with Crippen molar-refractivity contribution in [2.24, 2.45) is 0 Å². The number of pyridine rings is 1. The van der Waals surface area contributed by atoms with Crippen LogP contribution in [0.2, 0.25) is 0 Å². The number of aromatic amines is 1. The predicted octanol–water partition coefficient (Wildman–Crippen LogP) is 2.51. The van der Waals surface area contributed by atoms with Gasteiger partial charge in [0.2, 0.25) is 11.9 Å². The maximum atomic E-state index is 5.50. The molecule has 5 heterocycles. The molecule has 0 aliphatic carbocycles. The first kappa shape index (κ1) is 18.7. The molecule has 0 radical (unpaired) electrons. The number of nitrogens with zero attached hydrogens (tertiary/aromatic N) is 7. The second-order valence-electron chi connectivity index (χ2n) is 7.53. The minimum atomic E-state index is 0.480. The number of H-pyrrole nitrogens is 1. The van der Waals surface area contributed by atoms with E-state index in [9.17, 15) is 0 Å². The number of imidazole rings is 1. The Balaban J connectivity index is 1.40. The van der Waals surface area contributed by atoms with E-state index in [4.69, 9.17) is 14.7 Å². The second-order valence-corrected chi connectivity index (χ2v) is 7.53. The number of fused-ring (bicyclic) bond motifs is 2. The highest BCUT2D eigenvalue weighted by atomic mass is 16.5. The lowest BCUT2D eigenvalue weighted by atomic mass is 10.1. The van der Waals surface area contributed by atoms with Crippen LogP contribution in [0.3, 0.4) is 0 Å². The number of aromatic nitrogens is 7. The zero-order valence-electron chi connectivity index (χ0n) is 17.3. The summed E-state index contributed by atoms with van der Waals surface area (Å²) in [6, 6.07) is 11.9. The number of hydrogen-bond donors (Lipinski definition) is 2. The molecule has 1 aliphatic heterocycles. The van der Waals surface area contributed by atoms with Gasteiger partial charge in [-0.25, -0.2) is 4.98 Å². The Kier molecular flexibility index (Phi) is 4.61. The smallest absolute Gasteiger partial charge is 0.230 e. The molecular formula is C22H21N9O. The van der Waals surface area contributed by atoms with Crippen molar-refractivity contribution in [3.63, 3.8) is 0 Å². The minimum Gasteiger partial charge on any atom is -0.378 e. The maximum absolute atomic E-state index is 5.50. The lowest BCUT2D eigenvalue weighted by molar-refractivity contribution is 0.122. The van der Waals surface area contributed by atoms with Gasteiger partial charge in [-0.2, -0.15) is 19.6 Å². The molecule has 0 bridgehead atoms. The molecule has 1 aromatic carbocycles. The molecule has 1 fully saturated rings. The molecule has 0 saturated carbocycles. The summed E-state index contributed by atoms with van der Waals surface area (Å²) in [4.78, 5) is 23.9. The van der Waals surface area contributed by atoms with E-state index in [0.717, 1.165) is 46.7 Å². The Bertz CT molecular complexity index is 1340. The molecule has 32 heavy (non-hydrogen) atoms. The van der Waals surface area contributed by atoms with E-state index in [-0.39, 0.29) is 0 Å². The fourth-order valence-electron chi connectivity index (χ4n) is 3.87. The summed E-state index contributed by atoms with van der Waals surface area (Å²) >= 11 is 0. The van der Waals surface area contributed by atoms with Crippen molar-refractivity contribution in [2.75, 3.05) is 36.5 Å². The number of para-hydroxylation sites is 2. The fourth-order valence-corrected chi connectivity index (χ4v) is 3.87. The Morgan fingerprint density at radius 3 is 2.69 bits per heavy atom. The number of morpholine rings is 1. The van der Waals surface area contributed by atoms with Crippen LogP contribution in [0.4, 0.5) is 11.9 Å². The third kappa shape index (κ3) is 3.40. The van der Waals surface area contributed by atoms with E-state index >= 15 is 0 Å². The summed E-state index contributed by atoms with van der Waals surface area (Å²) in [6.07, 6.45) is 5.35. The molecule has 0 unspecified atom stereocenters. The molecule has 0 atom stereocenters. The molecule has 0 amide bonds. The minimum absolute atomic E-state index is 0.480. The lowest BCUT2D eigenvalue weighted by Crippen LogP contribution is -2.37. The zero-order valence-corrected chi connectivity index (χ0v) is 17.3. The number of nitrogens with one attached hydrogen (secondary N) is 2. The molecule has 2 N–H and O–H groups in total. The van der Waals surface area contributed by atoms with Gasteiger partial charge >= 0.3 is 0 Å². The van der Waals surface area contributed by atoms with Crippen molar-refractivity contribution in [1.29, 1.82) is 0 Å². The van der Waals surface area contributed by atoms with Gasteiger partial charge in [-0.3, -0.25) is 4.98 Å². The van der Waals surface area contributed by atoms with Crippen LogP contribution in [0.25, 0.3) is 27.8 Å². The molecule has 5 aromatic rings. The highest BCUT2D eigenvalue weighted by Crippen LogP contribution is 2.26. The highest BCUT2D eigenvalue weighted by Gasteiger charge is 2.20. The van der Waals surface area contributed by atoms with Gasteiger partial charge in [-0.15, -0.1) is 0 Å². The van der Waals surface area contributed by atoms with E-state index in [1.807, 2.05) is 42.6 Å². The van der Waals surface area contributed by atoms with Gasteiger partial charge in [0.15, 0.2) is 5.65 Å². The van der Waals surface area contributed by atoms with Crippen LogP contribution < -0.4 is 10.2 Å². The summed E-state index contributed by atoms with van der Waals surface area (Å²) < 4.78 is 7.24. The standard InChI is InChI=1S/C22H21N9O/c1-2-4-18-17(3-1)26-19(27-18)14-24-21-29-22(30-9-11-32-12-10-30)28-20-16(13-25-31(20)21)15-5-7-23-8-6-15/h1-8,13H,9-12,14H2,(H,26,27)(H,24,28,29). The number of hydrogen-bond acceptors (Lipinski definition) is 8. The van der Waals surface area contributed by atoms with Crippen molar-refractivity contribution in [3.8, 4) is 11.1 Å². The molecule has 10 nitrogen and oxygen atoms in total. The molecular weight excluding hydrogens is 406 g/mol. The Labute approximate surface area is 183 Å². The van der Waals surface area contributed by atoms with Crippen molar-refractivity contribution in [3.05, 3.63) is 60.8 Å². The Morgan fingerprint density at radius 1 is 1.00 bits per heavy atom. The summed E-state index contributed by atoms with van der Waals surface area (Å²) in [7, 11) is 0. The van der Waals surface area contributed by atoms with Crippen LogP contribution >= 0.6 is 0 Å². The summed E-state index contributed by atoms with van der Waals surface area (Å²) in [5.41, 5.74) is 4.61. The number of benzene rings is 1. The quantitative estimate of drug-likeness (QED) is 0.440. The van der Waals surface area contributed by atoms with E-state index in [0.29, 0.717) is 31.7 Å². The average Bonchev–Trinajstić information content (AvgIpc) is 3.47. The second kappa shape index (κ2) is 7.89. The SMILES string of the molecule is c1ccc2[nH]c(CNc3nc(N4CCOCC4)nc4c(-c5ccncc5)cnn34)nc2c1. The molecule has 6 rings (SSSR count). The van der Waals surface area contributed by atoms with Crippen LogP contribution in [0.5, 0.6) is 0 Å². The predicted molar refractivity (Wildman–Crippen MR) is 120 cm³/mol. The largest absolute Gasteiger partial charge is 0.378 e. The first-order chi connectivity index (χ1) is 15.8. The van der Waals surface area contributed by atoms with Crippen LogP contribution in [0.15, 0.2) is 55.0 Å². The Hall–Kier alpha value is -4.05. The fraction of sp³-hybridized carbons (Fsp3) is 0.227. The average molecular weight is 427 g/mol. The molecule has 0 spiro atoms. The first-order valence-electron chi connectivity index (χ1n) is 10.5. The van der Waals surface area contributed by atoms with Crippen LogP contribution in [0, 0.1) is 0 Å². The summed E-state index contributed by atoms with van der Waals surface area (Å²) in [5, 5.41) is 7.97. The van der Waals surface area contributed by atoms with Gasteiger partial charge in [0.25, 0.3) is 0 Å². The van der Waals surface area contributed by atoms with E-state index in [1.165, 1.54) is 0 Å². The van der Waals surface area contributed by atoms with Crippen LogP contribution in [-0.4, -0.2) is 60.8 Å². The normalized spacial score (nSPS) is 14.3. The maximum Gasteiger partial charge on any atom is 0.230 e. The van der Waals surface area contributed by atoms with Crippen LogP contribution in [-0.2, 0) is 11.3 Å². The lowest BCUT2D eigenvalue weighted by Gasteiger charge is -2.27. The number of anilines is 2. The van der Waals surface area contributed by atoms with E-state index in [2.05, 4.69) is 30.3 Å². The van der Waals surface area contributed by atoms with Gasteiger partial charge < -0.3 is 19.9 Å². The molecule has 1 aliphatic rings. The zero-order chi connectivity index (χ0) is 21.3. The first-order valence-corrected chi connectivity index (χ1v) is 10.5. The van der Waals surface area contributed by atoms with Gasteiger partial charge in [-0.1, -0.05) is 12.1 Å². The van der Waals surface area contributed by atoms with E-state index in [1.54, 1.807) is 16.9 Å². The highest BCUT2D eigenvalue weighted by molar-refractivity contribution is 5.78. The topological polar surface area (TPSA) is 109 Å². The third-order valence-electron chi connectivity index (χ3n) is 5.49. The monoisotopic (exact) mass is 427 g/mol.